The molecule has 0 radical (unpaired) electrons. The molecule has 0 fully saturated rings. The molecule has 1 unspecified atom stereocenters. The molecular weight excluding hydrogens is 997 g/mol. The molecule has 476 valence electrons. The minimum atomic E-state index is -0.775. The Morgan fingerprint density at radius 2 is 0.444 bits per heavy atom. The summed E-state index contributed by atoms with van der Waals surface area (Å²) in [4.78, 5) is 38.4. The number of hydrogen-bond acceptors (Lipinski definition) is 6. The molecule has 0 N–H and O–H groups in total. The lowest BCUT2D eigenvalue weighted by molar-refractivity contribution is -0.167. The lowest BCUT2D eigenvalue weighted by Gasteiger charge is -2.18. The minimum absolute atomic E-state index is 0.0708. The Morgan fingerprint density at radius 3 is 0.716 bits per heavy atom. The Kier molecular flexibility index (Phi) is 68.1. The summed E-state index contributed by atoms with van der Waals surface area (Å²) in [5, 5.41) is 0. The zero-order chi connectivity index (χ0) is 58.5. The van der Waals surface area contributed by atoms with E-state index in [1.807, 2.05) is 0 Å². The number of carbonyl (C=O) groups excluding carboxylic acids is 3. The quantitative estimate of drug-likeness (QED) is 0.0261. The predicted octanol–water partition coefficient (Wildman–Crippen LogP) is 25.1. The van der Waals surface area contributed by atoms with Gasteiger partial charge in [-0.05, 0) is 77.0 Å². The van der Waals surface area contributed by atoms with Crippen molar-refractivity contribution < 1.29 is 28.6 Å². The molecule has 0 saturated heterocycles. The van der Waals surface area contributed by atoms with Crippen LogP contribution in [0.5, 0.6) is 0 Å². The molecule has 0 aromatic carbocycles. The van der Waals surface area contributed by atoms with Gasteiger partial charge in [0.25, 0.3) is 0 Å². The van der Waals surface area contributed by atoms with E-state index in [4.69, 9.17) is 14.2 Å². The number of esters is 3. The van der Waals surface area contributed by atoms with Crippen molar-refractivity contribution in [3.63, 3.8) is 0 Å². The van der Waals surface area contributed by atoms with E-state index in [-0.39, 0.29) is 31.1 Å². The van der Waals surface area contributed by atoms with Gasteiger partial charge in [0.05, 0.1) is 0 Å². The van der Waals surface area contributed by atoms with Crippen molar-refractivity contribution in [3.05, 3.63) is 36.5 Å². The third-order valence-corrected chi connectivity index (χ3v) is 16.6. The van der Waals surface area contributed by atoms with Crippen LogP contribution in [0, 0.1) is 0 Å². The van der Waals surface area contributed by atoms with Crippen LogP contribution in [-0.4, -0.2) is 37.2 Å². The standard InChI is InChI=1S/C75H140O6/c1-4-7-10-13-16-19-22-25-28-30-31-32-33-34-35-36-37-38-39-40-41-42-43-45-47-50-53-56-59-62-65-68-74(77)80-71-72(70-79-73(76)67-64-61-58-55-52-49-46-27-24-21-18-15-12-9-6-3)81-75(78)69-66-63-60-57-54-51-48-44-29-26-23-20-17-14-11-8-5-2/h18,21,27,30-31,46,72H,4-17,19-20,22-26,28-29,32-45,47-71H2,1-3H3/b21-18-,31-30-,46-27-. The second-order valence-corrected chi connectivity index (χ2v) is 24.9. The molecule has 0 saturated carbocycles. The smallest absolute Gasteiger partial charge is 0.306 e. The molecule has 0 bridgehead atoms. The molecule has 0 amide bonds. The van der Waals surface area contributed by atoms with Crippen molar-refractivity contribution in [2.24, 2.45) is 0 Å². The van der Waals surface area contributed by atoms with Crippen molar-refractivity contribution >= 4 is 17.9 Å². The highest BCUT2D eigenvalue weighted by atomic mass is 16.6. The Bertz CT molecular complexity index is 1350. The fraction of sp³-hybridized carbons (Fsp3) is 0.880. The van der Waals surface area contributed by atoms with Gasteiger partial charge in [-0.15, -0.1) is 0 Å². The summed E-state index contributed by atoms with van der Waals surface area (Å²) in [7, 11) is 0. The summed E-state index contributed by atoms with van der Waals surface area (Å²) >= 11 is 0. The molecule has 6 heteroatoms. The molecule has 0 aromatic heterocycles. The molecule has 6 nitrogen and oxygen atoms in total. The number of ether oxygens (including phenoxy) is 3. The largest absolute Gasteiger partial charge is 0.462 e. The highest BCUT2D eigenvalue weighted by Crippen LogP contribution is 2.19. The number of unbranched alkanes of at least 4 members (excludes halogenated alkanes) is 51. The van der Waals surface area contributed by atoms with Crippen LogP contribution in [0.2, 0.25) is 0 Å². The van der Waals surface area contributed by atoms with Gasteiger partial charge in [-0.1, -0.05) is 346 Å². The summed E-state index contributed by atoms with van der Waals surface area (Å²) in [6, 6.07) is 0. The van der Waals surface area contributed by atoms with Gasteiger partial charge in [0.1, 0.15) is 13.2 Å². The Hall–Kier alpha value is -2.37. The van der Waals surface area contributed by atoms with E-state index < -0.39 is 6.10 Å². The van der Waals surface area contributed by atoms with E-state index in [0.29, 0.717) is 19.3 Å². The Balaban J connectivity index is 4.16. The van der Waals surface area contributed by atoms with Crippen LogP contribution in [0.4, 0.5) is 0 Å². The second kappa shape index (κ2) is 70.1. The summed E-state index contributed by atoms with van der Waals surface area (Å²) < 4.78 is 17.0. The summed E-state index contributed by atoms with van der Waals surface area (Å²) in [5.74, 6) is -0.855. The second-order valence-electron chi connectivity index (χ2n) is 24.9. The van der Waals surface area contributed by atoms with Gasteiger partial charge in [0, 0.05) is 19.3 Å². The fourth-order valence-corrected chi connectivity index (χ4v) is 11.1. The third-order valence-electron chi connectivity index (χ3n) is 16.6. The van der Waals surface area contributed by atoms with Crippen LogP contribution in [0.3, 0.4) is 0 Å². The first-order valence-electron chi connectivity index (χ1n) is 36.5. The van der Waals surface area contributed by atoms with Gasteiger partial charge in [-0.25, -0.2) is 0 Å². The zero-order valence-corrected chi connectivity index (χ0v) is 54.8. The van der Waals surface area contributed by atoms with Crippen LogP contribution in [0.15, 0.2) is 36.5 Å². The molecule has 0 spiro atoms. The predicted molar refractivity (Wildman–Crippen MR) is 353 cm³/mol. The van der Waals surface area contributed by atoms with Crippen molar-refractivity contribution in [1.29, 1.82) is 0 Å². The molecule has 0 aliphatic rings. The maximum absolute atomic E-state index is 12.9. The monoisotopic (exact) mass is 1140 g/mol. The van der Waals surface area contributed by atoms with Gasteiger partial charge in [-0.2, -0.15) is 0 Å². The molecular formula is C75H140O6. The molecule has 0 aliphatic carbocycles. The van der Waals surface area contributed by atoms with E-state index in [1.165, 1.54) is 289 Å². The minimum Gasteiger partial charge on any atom is -0.462 e. The van der Waals surface area contributed by atoms with E-state index >= 15 is 0 Å². The van der Waals surface area contributed by atoms with Crippen LogP contribution in [0.25, 0.3) is 0 Å². The van der Waals surface area contributed by atoms with Crippen LogP contribution in [0.1, 0.15) is 406 Å². The van der Waals surface area contributed by atoms with Crippen molar-refractivity contribution in [3.8, 4) is 0 Å². The van der Waals surface area contributed by atoms with Crippen molar-refractivity contribution in [2.75, 3.05) is 13.2 Å². The summed E-state index contributed by atoms with van der Waals surface area (Å²) in [5.41, 5.74) is 0. The van der Waals surface area contributed by atoms with E-state index in [1.54, 1.807) is 0 Å². The van der Waals surface area contributed by atoms with Crippen LogP contribution < -0.4 is 0 Å². The average molecular weight is 1140 g/mol. The van der Waals surface area contributed by atoms with Gasteiger partial charge in [-0.3, -0.25) is 14.4 Å². The molecule has 81 heavy (non-hydrogen) atoms. The fourth-order valence-electron chi connectivity index (χ4n) is 11.1. The van der Waals surface area contributed by atoms with Crippen molar-refractivity contribution in [1.82, 2.24) is 0 Å². The van der Waals surface area contributed by atoms with Crippen molar-refractivity contribution in [2.45, 2.75) is 412 Å². The maximum Gasteiger partial charge on any atom is 0.306 e. The van der Waals surface area contributed by atoms with Gasteiger partial charge in [0.15, 0.2) is 6.10 Å². The molecule has 0 rings (SSSR count). The number of carbonyl (C=O) groups is 3. The highest BCUT2D eigenvalue weighted by Gasteiger charge is 2.19. The van der Waals surface area contributed by atoms with E-state index in [2.05, 4.69) is 57.2 Å². The Morgan fingerprint density at radius 1 is 0.247 bits per heavy atom. The molecule has 0 aromatic rings. The maximum atomic E-state index is 12.9. The van der Waals surface area contributed by atoms with E-state index in [9.17, 15) is 14.4 Å². The van der Waals surface area contributed by atoms with Gasteiger partial charge < -0.3 is 14.2 Å². The lowest BCUT2D eigenvalue weighted by atomic mass is 10.0. The normalized spacial score (nSPS) is 12.2. The SMILES string of the molecule is CCCCC/C=C\C/C=C\CCCCCCCC(=O)OCC(COC(=O)CCCCCCCCCCCCCCCCCCCCC/C=C\CCCCCCCCCC)OC(=O)CCCCCCCCCCCCCCCCCCC. The zero-order valence-electron chi connectivity index (χ0n) is 54.8. The first-order valence-corrected chi connectivity index (χ1v) is 36.5. The first-order chi connectivity index (χ1) is 40.0. The third kappa shape index (κ3) is 68.3. The molecule has 0 aliphatic heterocycles. The number of hydrogen-bond donors (Lipinski definition) is 0. The molecule has 1 atom stereocenters. The average Bonchev–Trinajstić information content (AvgIpc) is 3.47. The molecule has 0 heterocycles. The Labute approximate surface area is 506 Å². The summed E-state index contributed by atoms with van der Waals surface area (Å²) in [6.45, 7) is 6.68. The summed E-state index contributed by atoms with van der Waals surface area (Å²) in [6.07, 6.45) is 87.6. The lowest BCUT2D eigenvalue weighted by Crippen LogP contribution is -2.30. The van der Waals surface area contributed by atoms with E-state index in [0.717, 1.165) is 77.0 Å². The van der Waals surface area contributed by atoms with Gasteiger partial charge in [0.2, 0.25) is 0 Å². The highest BCUT2D eigenvalue weighted by molar-refractivity contribution is 5.71. The van der Waals surface area contributed by atoms with Crippen LogP contribution >= 0.6 is 0 Å². The number of rotatable bonds is 68. The van der Waals surface area contributed by atoms with Gasteiger partial charge >= 0.3 is 17.9 Å². The van der Waals surface area contributed by atoms with Crippen LogP contribution in [-0.2, 0) is 28.6 Å². The number of allylic oxidation sites excluding steroid dienone is 6. The topological polar surface area (TPSA) is 78.9 Å². The first kappa shape index (κ1) is 78.6.